The van der Waals surface area contributed by atoms with Crippen LogP contribution in [0.25, 0.3) is 0 Å². The predicted octanol–water partition coefficient (Wildman–Crippen LogP) is 4.73. The fourth-order valence-corrected chi connectivity index (χ4v) is 2.20. The average molecular weight is 357 g/mol. The summed E-state index contributed by atoms with van der Waals surface area (Å²) in [7, 11) is 0. The number of benzene rings is 1. The van der Waals surface area contributed by atoms with E-state index in [1.807, 2.05) is 32.9 Å². The van der Waals surface area contributed by atoms with Crippen LogP contribution in [0.1, 0.15) is 18.3 Å². The van der Waals surface area contributed by atoms with Gasteiger partial charge in [0, 0.05) is 11.0 Å². The molecule has 0 aliphatic rings. The predicted molar refractivity (Wildman–Crippen MR) is 84.9 cm³/mol. The average Bonchev–Trinajstić information content (AvgIpc) is 2.39. The third-order valence-corrected chi connectivity index (χ3v) is 3.46. The third-order valence-electron chi connectivity index (χ3n) is 2.66. The molecule has 1 heterocycles. The molecule has 0 atom stereocenters. The number of aryl methyl sites for hydroxylation is 1. The van der Waals surface area contributed by atoms with Crippen molar-refractivity contribution < 1.29 is 4.74 Å². The van der Waals surface area contributed by atoms with Crippen molar-refractivity contribution in [2.75, 3.05) is 11.9 Å². The highest BCUT2D eigenvalue weighted by Crippen LogP contribution is 2.33. The van der Waals surface area contributed by atoms with Gasteiger partial charge >= 0.3 is 0 Å². The van der Waals surface area contributed by atoms with E-state index in [1.54, 1.807) is 6.07 Å². The molecule has 0 radical (unpaired) electrons. The lowest BCUT2D eigenvalue weighted by Gasteiger charge is -2.13. The van der Waals surface area contributed by atoms with Gasteiger partial charge in [-0.3, -0.25) is 0 Å². The number of hydrogen-bond donors (Lipinski definition) is 1. The lowest BCUT2D eigenvalue weighted by molar-refractivity contribution is 0.456. The standard InChI is InChI=1S/C14H15BrClN3O/c1-4-17-13-8(2)14(19-9(3)18-13)20-12-7-10(15)5-6-11(12)16/h5-7H,4H2,1-3H3,(H,17,18,19). The fourth-order valence-electron chi connectivity index (χ4n) is 1.70. The van der Waals surface area contributed by atoms with Gasteiger partial charge in [-0.15, -0.1) is 0 Å². The van der Waals surface area contributed by atoms with Gasteiger partial charge in [0.1, 0.15) is 17.4 Å². The first-order valence-electron chi connectivity index (χ1n) is 6.23. The maximum Gasteiger partial charge on any atom is 0.227 e. The molecule has 6 heteroatoms. The molecule has 1 N–H and O–H groups in total. The molecule has 0 unspecified atom stereocenters. The van der Waals surface area contributed by atoms with Crippen molar-refractivity contribution in [1.82, 2.24) is 9.97 Å². The minimum Gasteiger partial charge on any atom is -0.437 e. The summed E-state index contributed by atoms with van der Waals surface area (Å²) in [4.78, 5) is 8.69. The van der Waals surface area contributed by atoms with E-state index < -0.39 is 0 Å². The second-order valence-electron chi connectivity index (χ2n) is 4.26. The van der Waals surface area contributed by atoms with E-state index in [2.05, 4.69) is 31.2 Å². The molecule has 0 aliphatic carbocycles. The summed E-state index contributed by atoms with van der Waals surface area (Å²) < 4.78 is 6.73. The van der Waals surface area contributed by atoms with Gasteiger partial charge in [-0.25, -0.2) is 4.98 Å². The van der Waals surface area contributed by atoms with Crippen LogP contribution < -0.4 is 10.1 Å². The molecule has 106 valence electrons. The first kappa shape index (κ1) is 15.1. The maximum absolute atomic E-state index is 6.13. The quantitative estimate of drug-likeness (QED) is 0.860. The molecule has 0 bridgehead atoms. The fraction of sp³-hybridized carbons (Fsp3) is 0.286. The van der Waals surface area contributed by atoms with Crippen LogP contribution in [0.15, 0.2) is 22.7 Å². The second kappa shape index (κ2) is 6.41. The molecule has 2 aromatic rings. The van der Waals surface area contributed by atoms with Crippen molar-refractivity contribution in [2.24, 2.45) is 0 Å². The second-order valence-corrected chi connectivity index (χ2v) is 5.58. The zero-order chi connectivity index (χ0) is 14.7. The van der Waals surface area contributed by atoms with E-state index in [4.69, 9.17) is 16.3 Å². The smallest absolute Gasteiger partial charge is 0.227 e. The van der Waals surface area contributed by atoms with Crippen LogP contribution in [0.2, 0.25) is 5.02 Å². The van der Waals surface area contributed by atoms with Crippen LogP contribution in [0.4, 0.5) is 5.82 Å². The molecule has 0 spiro atoms. The number of halogens is 2. The molecular formula is C14H15BrClN3O. The molecule has 1 aromatic carbocycles. The van der Waals surface area contributed by atoms with Gasteiger partial charge in [0.15, 0.2) is 0 Å². The lowest BCUT2D eigenvalue weighted by atomic mass is 10.3. The van der Waals surface area contributed by atoms with Crippen molar-refractivity contribution >= 4 is 33.3 Å². The van der Waals surface area contributed by atoms with Crippen LogP contribution in [0, 0.1) is 13.8 Å². The van der Waals surface area contributed by atoms with E-state index in [9.17, 15) is 0 Å². The molecule has 1 aromatic heterocycles. The van der Waals surface area contributed by atoms with E-state index in [0.717, 1.165) is 22.4 Å². The summed E-state index contributed by atoms with van der Waals surface area (Å²) in [6.07, 6.45) is 0. The summed E-state index contributed by atoms with van der Waals surface area (Å²) in [5.41, 5.74) is 0.855. The van der Waals surface area contributed by atoms with Gasteiger partial charge in [-0.2, -0.15) is 4.98 Å². The molecule has 0 amide bonds. The number of rotatable bonds is 4. The Kier molecular flexibility index (Phi) is 4.83. The van der Waals surface area contributed by atoms with Crippen LogP contribution in [-0.4, -0.2) is 16.5 Å². The molecule has 2 rings (SSSR count). The summed E-state index contributed by atoms with van der Waals surface area (Å²) in [5, 5.41) is 3.73. The number of aromatic nitrogens is 2. The lowest BCUT2D eigenvalue weighted by Crippen LogP contribution is -2.06. The van der Waals surface area contributed by atoms with Gasteiger partial charge in [-0.1, -0.05) is 27.5 Å². The van der Waals surface area contributed by atoms with Gasteiger partial charge in [-0.05, 0) is 39.0 Å². The normalized spacial score (nSPS) is 10.4. The highest BCUT2D eigenvalue weighted by Gasteiger charge is 2.12. The Morgan fingerprint density at radius 2 is 2.05 bits per heavy atom. The Hall–Kier alpha value is -1.33. The first-order valence-corrected chi connectivity index (χ1v) is 7.40. The Morgan fingerprint density at radius 1 is 1.30 bits per heavy atom. The number of nitrogens with one attached hydrogen (secondary N) is 1. The minimum absolute atomic E-state index is 0.508. The summed E-state index contributed by atoms with van der Waals surface area (Å²) in [6.45, 7) is 6.55. The number of anilines is 1. The molecule has 4 nitrogen and oxygen atoms in total. The van der Waals surface area contributed by atoms with Gasteiger partial charge in [0.25, 0.3) is 0 Å². The highest BCUT2D eigenvalue weighted by molar-refractivity contribution is 9.10. The SMILES string of the molecule is CCNc1nc(C)nc(Oc2cc(Br)ccc2Cl)c1C. The minimum atomic E-state index is 0.508. The first-order chi connectivity index (χ1) is 9.51. The van der Waals surface area contributed by atoms with Gasteiger partial charge in [0.05, 0.1) is 10.6 Å². The van der Waals surface area contributed by atoms with Crippen LogP contribution in [0.3, 0.4) is 0 Å². The number of nitrogens with zero attached hydrogens (tertiary/aromatic N) is 2. The van der Waals surface area contributed by atoms with Crippen molar-refractivity contribution in [3.63, 3.8) is 0 Å². The number of ether oxygens (including phenoxy) is 1. The van der Waals surface area contributed by atoms with Crippen LogP contribution in [0.5, 0.6) is 11.6 Å². The van der Waals surface area contributed by atoms with Crippen molar-refractivity contribution in [3.8, 4) is 11.6 Å². The zero-order valence-electron chi connectivity index (χ0n) is 11.5. The summed E-state index contributed by atoms with van der Waals surface area (Å²) >= 11 is 9.53. The van der Waals surface area contributed by atoms with Crippen LogP contribution in [-0.2, 0) is 0 Å². The van der Waals surface area contributed by atoms with E-state index >= 15 is 0 Å². The summed E-state index contributed by atoms with van der Waals surface area (Å²) in [6, 6.07) is 5.44. The van der Waals surface area contributed by atoms with E-state index in [1.165, 1.54) is 0 Å². The molecule has 0 saturated heterocycles. The maximum atomic E-state index is 6.13. The topological polar surface area (TPSA) is 47.0 Å². The number of hydrogen-bond acceptors (Lipinski definition) is 4. The Morgan fingerprint density at radius 3 is 2.75 bits per heavy atom. The highest BCUT2D eigenvalue weighted by atomic mass is 79.9. The largest absolute Gasteiger partial charge is 0.437 e. The molecule has 0 saturated carbocycles. The Bertz CT molecular complexity index is 634. The monoisotopic (exact) mass is 355 g/mol. The Labute approximate surface area is 131 Å². The van der Waals surface area contributed by atoms with Crippen molar-refractivity contribution in [2.45, 2.75) is 20.8 Å². The van der Waals surface area contributed by atoms with E-state index in [0.29, 0.717) is 22.5 Å². The zero-order valence-corrected chi connectivity index (χ0v) is 13.8. The molecule has 0 aliphatic heterocycles. The third kappa shape index (κ3) is 3.41. The van der Waals surface area contributed by atoms with Crippen LogP contribution >= 0.6 is 27.5 Å². The molecule has 0 fully saturated rings. The van der Waals surface area contributed by atoms with Crippen molar-refractivity contribution in [1.29, 1.82) is 0 Å². The van der Waals surface area contributed by atoms with Gasteiger partial charge in [0.2, 0.25) is 5.88 Å². The Balaban J connectivity index is 2.40. The molecular weight excluding hydrogens is 342 g/mol. The van der Waals surface area contributed by atoms with E-state index in [-0.39, 0.29) is 0 Å². The molecule has 20 heavy (non-hydrogen) atoms. The summed E-state index contributed by atoms with van der Waals surface area (Å²) in [5.74, 6) is 2.49. The van der Waals surface area contributed by atoms with Crippen molar-refractivity contribution in [3.05, 3.63) is 39.1 Å². The van der Waals surface area contributed by atoms with Gasteiger partial charge < -0.3 is 10.1 Å².